The van der Waals surface area contributed by atoms with Crippen LogP contribution in [-0.2, 0) is 9.47 Å². The molecule has 0 spiro atoms. The second-order valence-corrected chi connectivity index (χ2v) is 6.33. The summed E-state index contributed by atoms with van der Waals surface area (Å²) in [5, 5.41) is 7.25. The molecule has 2 heterocycles. The summed E-state index contributed by atoms with van der Waals surface area (Å²) in [6.45, 7) is 4.89. The van der Waals surface area contributed by atoms with E-state index in [2.05, 4.69) is 10.6 Å². The van der Waals surface area contributed by atoms with Gasteiger partial charge < -0.3 is 20.1 Å². The van der Waals surface area contributed by atoms with E-state index >= 15 is 0 Å². The van der Waals surface area contributed by atoms with Crippen LogP contribution in [0.5, 0.6) is 0 Å². The Balaban J connectivity index is 1.45. The lowest BCUT2D eigenvalue weighted by Gasteiger charge is -2.37. The van der Waals surface area contributed by atoms with Gasteiger partial charge in [-0.3, -0.25) is 0 Å². The monoisotopic (exact) mass is 268 g/mol. The fourth-order valence-corrected chi connectivity index (χ4v) is 3.28. The Kier molecular flexibility index (Phi) is 5.10. The largest absolute Gasteiger partial charge is 0.379 e. The first kappa shape index (κ1) is 13.8. The van der Waals surface area contributed by atoms with E-state index in [0.717, 1.165) is 45.2 Å². The minimum atomic E-state index is 0.268. The molecule has 19 heavy (non-hydrogen) atoms. The average Bonchev–Trinajstić information content (AvgIpc) is 2.40. The van der Waals surface area contributed by atoms with Crippen molar-refractivity contribution in [2.45, 2.75) is 56.7 Å². The van der Waals surface area contributed by atoms with Gasteiger partial charge in [-0.25, -0.2) is 0 Å². The highest BCUT2D eigenvalue weighted by atomic mass is 16.5. The highest BCUT2D eigenvalue weighted by Gasteiger charge is 2.30. The van der Waals surface area contributed by atoms with Crippen molar-refractivity contribution < 1.29 is 9.47 Å². The number of hydrogen-bond donors (Lipinski definition) is 2. The summed E-state index contributed by atoms with van der Waals surface area (Å²) in [4.78, 5) is 0. The van der Waals surface area contributed by atoms with Gasteiger partial charge in [-0.2, -0.15) is 0 Å². The van der Waals surface area contributed by atoms with Crippen molar-refractivity contribution in [1.29, 1.82) is 0 Å². The van der Waals surface area contributed by atoms with Crippen LogP contribution >= 0.6 is 0 Å². The summed E-state index contributed by atoms with van der Waals surface area (Å²) in [5.74, 6) is 0.821. The topological polar surface area (TPSA) is 42.5 Å². The van der Waals surface area contributed by atoms with E-state index in [0.29, 0.717) is 12.1 Å². The van der Waals surface area contributed by atoms with Gasteiger partial charge in [0.25, 0.3) is 0 Å². The van der Waals surface area contributed by atoms with Crippen molar-refractivity contribution in [2.24, 2.45) is 5.92 Å². The van der Waals surface area contributed by atoms with Crippen molar-refractivity contribution in [2.75, 3.05) is 32.9 Å². The van der Waals surface area contributed by atoms with Crippen LogP contribution in [0.2, 0.25) is 0 Å². The molecule has 0 amide bonds. The zero-order valence-corrected chi connectivity index (χ0v) is 11.9. The third-order valence-electron chi connectivity index (χ3n) is 4.86. The van der Waals surface area contributed by atoms with Crippen LogP contribution in [0.25, 0.3) is 0 Å². The molecule has 3 fully saturated rings. The predicted molar refractivity (Wildman–Crippen MR) is 75.3 cm³/mol. The number of hydrogen-bond acceptors (Lipinski definition) is 4. The maximum absolute atomic E-state index is 6.14. The molecule has 4 nitrogen and oxygen atoms in total. The molecule has 3 rings (SSSR count). The van der Waals surface area contributed by atoms with Crippen molar-refractivity contribution in [3.8, 4) is 0 Å². The van der Waals surface area contributed by atoms with Gasteiger partial charge in [0, 0.05) is 25.3 Å². The molecule has 0 radical (unpaired) electrons. The number of nitrogens with one attached hydrogen (secondary N) is 2. The van der Waals surface area contributed by atoms with E-state index in [9.17, 15) is 0 Å². The Morgan fingerprint density at radius 3 is 2.68 bits per heavy atom. The van der Waals surface area contributed by atoms with E-state index in [1.54, 1.807) is 0 Å². The Morgan fingerprint density at radius 1 is 1.11 bits per heavy atom. The molecule has 2 atom stereocenters. The van der Waals surface area contributed by atoms with Crippen molar-refractivity contribution in [3.63, 3.8) is 0 Å². The van der Waals surface area contributed by atoms with E-state index in [-0.39, 0.29) is 6.10 Å². The summed E-state index contributed by atoms with van der Waals surface area (Å²) in [5.41, 5.74) is 0. The molecule has 3 aliphatic rings. The van der Waals surface area contributed by atoms with Crippen LogP contribution in [0, 0.1) is 5.92 Å². The third kappa shape index (κ3) is 3.91. The van der Waals surface area contributed by atoms with Crippen molar-refractivity contribution in [3.05, 3.63) is 0 Å². The zero-order chi connectivity index (χ0) is 12.9. The number of piperidine rings is 1. The third-order valence-corrected chi connectivity index (χ3v) is 4.86. The summed E-state index contributed by atoms with van der Waals surface area (Å²) in [6, 6.07) is 1.16. The minimum Gasteiger partial charge on any atom is -0.379 e. The SMILES string of the molecule is C1CC(CO[C@@H]2COCC[C@H]2NC2CCNCC2)C1. The molecule has 0 aromatic rings. The summed E-state index contributed by atoms with van der Waals surface area (Å²) in [6.07, 6.45) is 7.97. The Morgan fingerprint density at radius 2 is 1.95 bits per heavy atom. The lowest BCUT2D eigenvalue weighted by molar-refractivity contribution is -0.0859. The van der Waals surface area contributed by atoms with E-state index in [1.165, 1.54) is 32.1 Å². The van der Waals surface area contributed by atoms with Crippen molar-refractivity contribution in [1.82, 2.24) is 10.6 Å². The average molecular weight is 268 g/mol. The molecule has 0 bridgehead atoms. The Bertz CT molecular complexity index is 265. The molecule has 110 valence electrons. The Labute approximate surface area is 116 Å². The van der Waals surface area contributed by atoms with Crippen LogP contribution in [0.3, 0.4) is 0 Å². The van der Waals surface area contributed by atoms with Crippen LogP contribution in [0.1, 0.15) is 38.5 Å². The molecular formula is C15H28N2O2. The molecule has 1 saturated carbocycles. The van der Waals surface area contributed by atoms with E-state index < -0.39 is 0 Å². The molecule has 0 aromatic carbocycles. The van der Waals surface area contributed by atoms with Gasteiger partial charge in [-0.05, 0) is 51.1 Å². The van der Waals surface area contributed by atoms with Gasteiger partial charge >= 0.3 is 0 Å². The number of rotatable bonds is 5. The van der Waals surface area contributed by atoms with Crippen LogP contribution in [0.15, 0.2) is 0 Å². The van der Waals surface area contributed by atoms with Crippen molar-refractivity contribution >= 4 is 0 Å². The predicted octanol–water partition coefficient (Wildman–Crippen LogP) is 1.30. The Hall–Kier alpha value is -0.160. The zero-order valence-electron chi connectivity index (χ0n) is 11.9. The van der Waals surface area contributed by atoms with Gasteiger partial charge in [0.05, 0.1) is 12.7 Å². The maximum Gasteiger partial charge on any atom is 0.0961 e. The van der Waals surface area contributed by atoms with Gasteiger partial charge in [0.1, 0.15) is 0 Å². The fourth-order valence-electron chi connectivity index (χ4n) is 3.28. The highest BCUT2D eigenvalue weighted by molar-refractivity contribution is 4.86. The lowest BCUT2D eigenvalue weighted by Crippen LogP contribution is -2.53. The lowest BCUT2D eigenvalue weighted by atomic mass is 9.86. The van der Waals surface area contributed by atoms with E-state index in [4.69, 9.17) is 9.47 Å². The minimum absolute atomic E-state index is 0.268. The van der Waals surface area contributed by atoms with E-state index in [1.807, 2.05) is 0 Å². The summed E-state index contributed by atoms with van der Waals surface area (Å²) in [7, 11) is 0. The molecule has 1 aliphatic carbocycles. The molecule has 2 N–H and O–H groups in total. The first-order valence-corrected chi connectivity index (χ1v) is 8.08. The highest BCUT2D eigenvalue weighted by Crippen LogP contribution is 2.27. The quantitative estimate of drug-likeness (QED) is 0.789. The molecular weight excluding hydrogens is 240 g/mol. The maximum atomic E-state index is 6.14. The first-order chi connectivity index (χ1) is 9.42. The van der Waals surface area contributed by atoms with Gasteiger partial charge in [0.15, 0.2) is 0 Å². The van der Waals surface area contributed by atoms with Crippen LogP contribution < -0.4 is 10.6 Å². The van der Waals surface area contributed by atoms with Gasteiger partial charge in [-0.1, -0.05) is 6.42 Å². The second-order valence-electron chi connectivity index (χ2n) is 6.33. The van der Waals surface area contributed by atoms with Gasteiger partial charge in [0.2, 0.25) is 0 Å². The molecule has 0 aromatic heterocycles. The molecule has 2 aliphatic heterocycles. The first-order valence-electron chi connectivity index (χ1n) is 8.08. The smallest absolute Gasteiger partial charge is 0.0961 e. The summed E-state index contributed by atoms with van der Waals surface area (Å²) >= 11 is 0. The molecule has 4 heteroatoms. The fraction of sp³-hybridized carbons (Fsp3) is 1.00. The summed E-state index contributed by atoms with van der Waals surface area (Å²) < 4.78 is 11.7. The normalized spacial score (nSPS) is 34.1. The molecule has 2 saturated heterocycles. The number of ether oxygens (including phenoxy) is 2. The van der Waals surface area contributed by atoms with Gasteiger partial charge in [-0.15, -0.1) is 0 Å². The van der Waals surface area contributed by atoms with Crippen LogP contribution in [-0.4, -0.2) is 51.1 Å². The van der Waals surface area contributed by atoms with Crippen LogP contribution in [0.4, 0.5) is 0 Å². The second kappa shape index (κ2) is 7.02. The molecule has 0 unspecified atom stereocenters. The standard InChI is InChI=1S/C15H28N2O2/c1-2-12(3-1)10-19-15-11-18-9-6-14(15)17-13-4-7-16-8-5-13/h12-17H,1-11H2/t14-,15-/m1/s1.